The van der Waals surface area contributed by atoms with Crippen LogP contribution in [0.3, 0.4) is 0 Å². The van der Waals surface area contributed by atoms with Crippen LogP contribution in [0.5, 0.6) is 5.75 Å². The van der Waals surface area contributed by atoms with Crippen LogP contribution in [0.2, 0.25) is 0 Å². The number of aromatic nitrogens is 2. The minimum atomic E-state index is -3.68. The topological polar surface area (TPSA) is 111 Å². The van der Waals surface area contributed by atoms with Crippen molar-refractivity contribution >= 4 is 27.6 Å². The lowest BCUT2D eigenvalue weighted by Gasteiger charge is -2.33. The van der Waals surface area contributed by atoms with Crippen LogP contribution in [0.4, 0.5) is 20.8 Å². The summed E-state index contributed by atoms with van der Waals surface area (Å²) < 4.78 is 50.2. The molecule has 0 radical (unpaired) electrons. The Balaban J connectivity index is 1.51. The Kier molecular flexibility index (Phi) is 7.76. The monoisotopic (exact) mass is 562 g/mol. The zero-order chi connectivity index (χ0) is 28.3. The van der Waals surface area contributed by atoms with Crippen molar-refractivity contribution in [3.05, 3.63) is 84.7 Å². The fourth-order valence-corrected chi connectivity index (χ4v) is 5.24. The first kappa shape index (κ1) is 27.2. The van der Waals surface area contributed by atoms with Crippen molar-refractivity contribution in [2.24, 2.45) is 0 Å². The van der Waals surface area contributed by atoms with E-state index in [1.807, 2.05) is 17.9 Å². The molecule has 40 heavy (non-hydrogen) atoms. The number of para-hydroxylation sites is 1. The number of nitrogens with one attached hydrogen (secondary N) is 1. The Bertz CT molecular complexity index is 1630. The molecule has 1 N–H and O–H groups in total. The van der Waals surface area contributed by atoms with Crippen LogP contribution >= 0.6 is 0 Å². The molecule has 3 aromatic carbocycles. The van der Waals surface area contributed by atoms with Gasteiger partial charge in [0.1, 0.15) is 11.6 Å². The van der Waals surface area contributed by atoms with Gasteiger partial charge in [0, 0.05) is 29.6 Å². The normalized spacial score (nSPS) is 15.5. The molecule has 1 aliphatic rings. The van der Waals surface area contributed by atoms with Crippen LogP contribution in [0.25, 0.3) is 22.5 Å². The van der Waals surface area contributed by atoms with E-state index >= 15 is 0 Å². The van der Waals surface area contributed by atoms with Gasteiger partial charge in [0.05, 0.1) is 35.5 Å². The summed E-state index contributed by atoms with van der Waals surface area (Å²) in [6.07, 6.45) is 0.442. The van der Waals surface area contributed by atoms with Gasteiger partial charge in [-0.1, -0.05) is 30.3 Å². The molecule has 206 valence electrons. The van der Waals surface area contributed by atoms with Gasteiger partial charge in [-0.25, -0.2) is 27.6 Å². The fraction of sp³-hybridized carbons (Fsp3) is 0.207. The summed E-state index contributed by atoms with van der Waals surface area (Å²) >= 11 is 0. The molecule has 9 nitrogen and oxygen atoms in total. The summed E-state index contributed by atoms with van der Waals surface area (Å²) in [4.78, 5) is 23.7. The average Bonchev–Trinajstić information content (AvgIpc) is 2.93. The molecule has 1 atom stereocenters. The van der Waals surface area contributed by atoms with Gasteiger partial charge in [0.15, 0.2) is 9.84 Å². The summed E-state index contributed by atoms with van der Waals surface area (Å²) in [5, 5.41) is 2.68. The number of ether oxygens (including phenoxy) is 2. The van der Waals surface area contributed by atoms with Crippen molar-refractivity contribution < 1.29 is 27.1 Å². The van der Waals surface area contributed by atoms with Gasteiger partial charge in [0.2, 0.25) is 5.95 Å². The molecule has 2 heterocycles. The third-order valence-electron chi connectivity index (χ3n) is 6.34. The minimum Gasteiger partial charge on any atom is -0.410 e. The number of amides is 1. The minimum absolute atomic E-state index is 0.0269. The molecule has 1 aromatic heterocycles. The van der Waals surface area contributed by atoms with Gasteiger partial charge in [-0.3, -0.25) is 5.32 Å². The van der Waals surface area contributed by atoms with Crippen molar-refractivity contribution in [3.8, 4) is 28.3 Å². The van der Waals surface area contributed by atoms with Crippen LogP contribution in [-0.2, 0) is 14.6 Å². The Morgan fingerprint density at radius 2 is 1.75 bits per heavy atom. The molecule has 1 saturated heterocycles. The second kappa shape index (κ2) is 11.4. The molecule has 0 aliphatic carbocycles. The molecule has 5 rings (SSSR count). The number of nitrogens with zero attached hydrogens (tertiary/aromatic N) is 3. The number of morpholine rings is 1. The first-order valence-corrected chi connectivity index (χ1v) is 14.4. The summed E-state index contributed by atoms with van der Waals surface area (Å²) in [5.41, 5.74) is 2.11. The number of halogens is 1. The van der Waals surface area contributed by atoms with E-state index in [1.54, 1.807) is 54.6 Å². The Morgan fingerprint density at radius 3 is 2.45 bits per heavy atom. The summed E-state index contributed by atoms with van der Waals surface area (Å²) in [6.45, 7) is 3.49. The lowest BCUT2D eigenvalue weighted by atomic mass is 10.1. The molecule has 11 heteroatoms. The molecule has 1 aliphatic heterocycles. The summed E-state index contributed by atoms with van der Waals surface area (Å²) in [5.74, 6) is 0.211. The van der Waals surface area contributed by atoms with Crippen LogP contribution in [0.1, 0.15) is 6.92 Å². The van der Waals surface area contributed by atoms with Gasteiger partial charge in [0.25, 0.3) is 0 Å². The SMILES string of the molecule is CC1COCCN1c1nc(-c2ccc(NC(=O)Oc3ccccc3)cc2)cc(-c2cc(F)ccc2S(C)(=O)=O)n1. The summed E-state index contributed by atoms with van der Waals surface area (Å²) in [7, 11) is -3.68. The van der Waals surface area contributed by atoms with E-state index in [0.717, 1.165) is 12.3 Å². The molecule has 0 spiro atoms. The Hall–Kier alpha value is -4.35. The second-order valence-corrected chi connectivity index (χ2v) is 11.4. The second-order valence-electron chi connectivity index (χ2n) is 9.37. The highest BCUT2D eigenvalue weighted by Gasteiger charge is 2.24. The van der Waals surface area contributed by atoms with Gasteiger partial charge in [-0.2, -0.15) is 0 Å². The highest BCUT2D eigenvalue weighted by atomic mass is 32.2. The quantitative estimate of drug-likeness (QED) is 0.320. The van der Waals surface area contributed by atoms with E-state index in [9.17, 15) is 17.6 Å². The Morgan fingerprint density at radius 1 is 1.02 bits per heavy atom. The van der Waals surface area contributed by atoms with E-state index in [2.05, 4.69) is 10.3 Å². The number of sulfone groups is 1. The van der Waals surface area contributed by atoms with Crippen molar-refractivity contribution in [2.75, 3.05) is 36.2 Å². The maximum atomic E-state index is 14.3. The van der Waals surface area contributed by atoms with Gasteiger partial charge < -0.3 is 14.4 Å². The zero-order valence-corrected chi connectivity index (χ0v) is 22.7. The predicted molar refractivity (Wildman–Crippen MR) is 150 cm³/mol. The molecular weight excluding hydrogens is 535 g/mol. The third kappa shape index (κ3) is 6.27. The largest absolute Gasteiger partial charge is 0.417 e. The van der Waals surface area contributed by atoms with Crippen molar-refractivity contribution in [1.82, 2.24) is 9.97 Å². The molecule has 4 aromatic rings. The van der Waals surface area contributed by atoms with Crippen LogP contribution in [0, 0.1) is 5.82 Å². The number of carbonyl (C=O) groups excluding carboxylic acids is 1. The number of hydrogen-bond donors (Lipinski definition) is 1. The standard InChI is InChI=1S/C29H27FN4O5S/c1-19-18-38-15-14-34(19)28-32-25(17-26(33-28)24-16-21(30)10-13-27(24)40(2,36)37)20-8-11-22(12-9-20)31-29(35)39-23-6-4-3-5-7-23/h3-13,16-17,19H,14-15,18H2,1-2H3,(H,31,35). The van der Waals surface area contributed by atoms with Gasteiger partial charge >= 0.3 is 6.09 Å². The van der Waals surface area contributed by atoms with Crippen molar-refractivity contribution in [2.45, 2.75) is 17.9 Å². The van der Waals surface area contributed by atoms with Crippen LogP contribution in [-0.4, -0.2) is 56.5 Å². The van der Waals surface area contributed by atoms with E-state index in [-0.39, 0.29) is 22.2 Å². The number of hydrogen-bond acceptors (Lipinski definition) is 8. The molecule has 1 fully saturated rings. The number of anilines is 2. The Labute approximate surface area is 231 Å². The van der Waals surface area contributed by atoms with Crippen LogP contribution < -0.4 is 15.0 Å². The van der Waals surface area contributed by atoms with E-state index in [1.165, 1.54) is 12.1 Å². The molecule has 0 bridgehead atoms. The van der Waals surface area contributed by atoms with E-state index in [4.69, 9.17) is 14.5 Å². The molecule has 1 amide bonds. The molecule has 0 saturated carbocycles. The third-order valence-corrected chi connectivity index (χ3v) is 7.49. The maximum Gasteiger partial charge on any atom is 0.417 e. The number of benzene rings is 3. The van der Waals surface area contributed by atoms with Crippen molar-refractivity contribution in [3.63, 3.8) is 0 Å². The number of rotatable bonds is 6. The van der Waals surface area contributed by atoms with Gasteiger partial charge in [-0.05, 0) is 55.5 Å². The lowest BCUT2D eigenvalue weighted by Crippen LogP contribution is -2.44. The molecular formula is C29H27FN4O5S. The highest BCUT2D eigenvalue weighted by Crippen LogP contribution is 2.32. The highest BCUT2D eigenvalue weighted by molar-refractivity contribution is 7.90. The van der Waals surface area contributed by atoms with Crippen molar-refractivity contribution in [1.29, 1.82) is 0 Å². The summed E-state index contributed by atoms with van der Waals surface area (Å²) in [6, 6.07) is 20.8. The molecule has 1 unspecified atom stereocenters. The first-order valence-electron chi connectivity index (χ1n) is 12.5. The maximum absolute atomic E-state index is 14.3. The van der Waals surface area contributed by atoms with Crippen LogP contribution in [0.15, 0.2) is 83.8 Å². The lowest BCUT2D eigenvalue weighted by molar-refractivity contribution is 0.0981. The first-order chi connectivity index (χ1) is 19.2. The van der Waals surface area contributed by atoms with E-state index < -0.39 is 21.7 Å². The average molecular weight is 563 g/mol. The van der Waals surface area contributed by atoms with Gasteiger partial charge in [-0.15, -0.1) is 0 Å². The number of carbonyl (C=O) groups is 1. The van der Waals surface area contributed by atoms with E-state index in [0.29, 0.717) is 48.4 Å². The predicted octanol–water partition coefficient (Wildman–Crippen LogP) is 5.19. The smallest absolute Gasteiger partial charge is 0.410 e. The fourth-order valence-electron chi connectivity index (χ4n) is 4.36. The zero-order valence-electron chi connectivity index (χ0n) is 21.9.